The Balaban J connectivity index is 1.28. The van der Waals surface area contributed by atoms with Crippen LogP contribution in [0.1, 0.15) is 25.7 Å². The molecule has 2 saturated heterocycles. The number of aromatic nitrogens is 1. The van der Waals surface area contributed by atoms with E-state index in [1.807, 2.05) is 0 Å². The van der Waals surface area contributed by atoms with Gasteiger partial charge in [-0.25, -0.2) is 9.37 Å². The van der Waals surface area contributed by atoms with Gasteiger partial charge in [-0.1, -0.05) is 0 Å². The normalized spacial score (nSPS) is 20.7. The highest BCUT2D eigenvalue weighted by Crippen LogP contribution is 2.33. The molecule has 1 spiro atoms. The first-order valence-electron chi connectivity index (χ1n) is 9.18. The maximum Gasteiger partial charge on any atom is 0.228 e. The van der Waals surface area contributed by atoms with E-state index in [1.54, 1.807) is 24.3 Å². The minimum absolute atomic E-state index is 0.0399. The van der Waals surface area contributed by atoms with Gasteiger partial charge >= 0.3 is 0 Å². The van der Waals surface area contributed by atoms with Gasteiger partial charge in [0.05, 0.1) is 24.3 Å². The van der Waals surface area contributed by atoms with Gasteiger partial charge in [0.15, 0.2) is 0 Å². The smallest absolute Gasteiger partial charge is 0.228 e. The molecular formula is C20H22FN3O3. The lowest BCUT2D eigenvalue weighted by atomic mass is 9.86. The lowest BCUT2D eigenvalue weighted by molar-refractivity contribution is -0.158. The maximum atomic E-state index is 12.9. The fourth-order valence-electron chi connectivity index (χ4n) is 3.48. The standard InChI is InChI=1S/C20H22FN3O3/c21-14-3-5-15(6-4-14)26-17-7-8-18(23-11-17)24-19(25)10-16-2-1-9-20(27-16)12-22-13-20/h3-8,11,16,22H,1-2,9-10,12-13H2,(H,23,24,25). The average molecular weight is 371 g/mol. The van der Waals surface area contributed by atoms with Crippen LogP contribution in [-0.2, 0) is 9.53 Å². The van der Waals surface area contributed by atoms with Crippen LogP contribution >= 0.6 is 0 Å². The van der Waals surface area contributed by atoms with Crippen LogP contribution in [0.25, 0.3) is 0 Å². The van der Waals surface area contributed by atoms with Gasteiger partial charge in [-0.3, -0.25) is 4.79 Å². The number of amides is 1. The van der Waals surface area contributed by atoms with Gasteiger partial charge in [-0.15, -0.1) is 0 Å². The second-order valence-electron chi connectivity index (χ2n) is 7.11. The minimum Gasteiger partial charge on any atom is -0.456 e. The van der Waals surface area contributed by atoms with Crippen LogP contribution in [0.15, 0.2) is 42.6 Å². The Morgan fingerprint density at radius 2 is 2.04 bits per heavy atom. The molecule has 2 N–H and O–H groups in total. The zero-order chi connectivity index (χ0) is 18.7. The van der Waals surface area contributed by atoms with Crippen LogP contribution in [0.5, 0.6) is 11.5 Å². The number of carbonyl (C=O) groups is 1. The molecule has 6 nitrogen and oxygen atoms in total. The predicted molar refractivity (Wildman–Crippen MR) is 98.3 cm³/mol. The third kappa shape index (κ3) is 4.43. The second-order valence-corrected chi connectivity index (χ2v) is 7.11. The van der Waals surface area contributed by atoms with E-state index in [0.29, 0.717) is 23.7 Å². The summed E-state index contributed by atoms with van der Waals surface area (Å²) in [5.41, 5.74) is -0.0548. The summed E-state index contributed by atoms with van der Waals surface area (Å²) in [7, 11) is 0. The van der Waals surface area contributed by atoms with Crippen molar-refractivity contribution in [1.82, 2.24) is 10.3 Å². The Kier molecular flexibility index (Phi) is 5.05. The number of rotatable bonds is 5. The third-order valence-corrected chi connectivity index (χ3v) is 4.94. The number of hydrogen-bond donors (Lipinski definition) is 2. The predicted octanol–water partition coefficient (Wildman–Crippen LogP) is 3.25. The monoisotopic (exact) mass is 371 g/mol. The van der Waals surface area contributed by atoms with Gasteiger partial charge in [0.25, 0.3) is 0 Å². The summed E-state index contributed by atoms with van der Waals surface area (Å²) in [5.74, 6) is 1.06. The molecule has 142 valence electrons. The minimum atomic E-state index is -0.319. The van der Waals surface area contributed by atoms with E-state index >= 15 is 0 Å². The number of halogens is 1. The van der Waals surface area contributed by atoms with Crippen LogP contribution in [0.4, 0.5) is 10.2 Å². The molecule has 0 bridgehead atoms. The molecule has 2 aliphatic heterocycles. The number of nitrogens with one attached hydrogen (secondary N) is 2. The van der Waals surface area contributed by atoms with Crippen molar-refractivity contribution in [2.75, 3.05) is 18.4 Å². The van der Waals surface area contributed by atoms with Crippen molar-refractivity contribution in [2.24, 2.45) is 0 Å². The Bertz CT molecular complexity index is 791. The van der Waals surface area contributed by atoms with Crippen LogP contribution in [-0.4, -0.2) is 35.7 Å². The molecule has 1 aromatic carbocycles. The van der Waals surface area contributed by atoms with E-state index in [4.69, 9.17) is 9.47 Å². The zero-order valence-corrected chi connectivity index (χ0v) is 14.9. The lowest BCUT2D eigenvalue weighted by Crippen LogP contribution is -2.63. The number of pyridine rings is 1. The number of carbonyl (C=O) groups excluding carboxylic acids is 1. The fraction of sp³-hybridized carbons (Fsp3) is 0.400. The molecule has 2 aliphatic rings. The number of benzene rings is 1. The molecule has 4 rings (SSSR count). The number of ether oxygens (including phenoxy) is 2. The summed E-state index contributed by atoms with van der Waals surface area (Å²) in [6.45, 7) is 1.75. The lowest BCUT2D eigenvalue weighted by Gasteiger charge is -2.47. The first kappa shape index (κ1) is 17.9. The Labute approximate surface area is 157 Å². The van der Waals surface area contributed by atoms with Gasteiger partial charge in [0.2, 0.25) is 5.91 Å². The highest BCUT2D eigenvalue weighted by Gasteiger charge is 2.42. The molecule has 0 saturated carbocycles. The molecule has 27 heavy (non-hydrogen) atoms. The summed E-state index contributed by atoms with van der Waals surface area (Å²) in [6, 6.07) is 9.12. The Morgan fingerprint density at radius 1 is 1.26 bits per heavy atom. The number of anilines is 1. The maximum absolute atomic E-state index is 12.9. The molecule has 0 aliphatic carbocycles. The van der Waals surface area contributed by atoms with Crippen molar-refractivity contribution in [1.29, 1.82) is 0 Å². The van der Waals surface area contributed by atoms with E-state index in [-0.39, 0.29) is 23.4 Å². The van der Waals surface area contributed by atoms with Crippen molar-refractivity contribution >= 4 is 11.7 Å². The summed E-state index contributed by atoms with van der Waals surface area (Å²) in [4.78, 5) is 16.5. The van der Waals surface area contributed by atoms with E-state index in [0.717, 1.165) is 32.4 Å². The van der Waals surface area contributed by atoms with Crippen molar-refractivity contribution in [3.05, 3.63) is 48.4 Å². The summed E-state index contributed by atoms with van der Waals surface area (Å²) in [6.07, 6.45) is 4.87. The van der Waals surface area contributed by atoms with E-state index in [9.17, 15) is 9.18 Å². The molecule has 1 amide bonds. The molecule has 1 unspecified atom stereocenters. The highest BCUT2D eigenvalue weighted by molar-refractivity contribution is 5.90. The summed E-state index contributed by atoms with van der Waals surface area (Å²) in [5, 5.41) is 6.05. The van der Waals surface area contributed by atoms with E-state index < -0.39 is 0 Å². The first-order chi connectivity index (χ1) is 13.1. The Morgan fingerprint density at radius 3 is 2.70 bits per heavy atom. The molecular weight excluding hydrogens is 349 g/mol. The Hall–Kier alpha value is -2.51. The van der Waals surface area contributed by atoms with Crippen molar-refractivity contribution in [3.8, 4) is 11.5 Å². The van der Waals surface area contributed by atoms with Crippen molar-refractivity contribution < 1.29 is 18.7 Å². The van der Waals surface area contributed by atoms with Gasteiger partial charge < -0.3 is 20.1 Å². The SMILES string of the molecule is O=C(CC1CCCC2(CNC2)O1)Nc1ccc(Oc2ccc(F)cc2)cn1. The number of hydrogen-bond acceptors (Lipinski definition) is 5. The number of nitrogens with zero attached hydrogens (tertiary/aromatic N) is 1. The highest BCUT2D eigenvalue weighted by atomic mass is 19.1. The van der Waals surface area contributed by atoms with Gasteiger partial charge in [0, 0.05) is 13.1 Å². The molecule has 2 fully saturated rings. The molecule has 1 aromatic heterocycles. The first-order valence-corrected chi connectivity index (χ1v) is 9.18. The van der Waals surface area contributed by atoms with Crippen LogP contribution < -0.4 is 15.4 Å². The fourth-order valence-corrected chi connectivity index (χ4v) is 3.48. The third-order valence-electron chi connectivity index (χ3n) is 4.94. The van der Waals surface area contributed by atoms with Crippen molar-refractivity contribution in [3.63, 3.8) is 0 Å². The quantitative estimate of drug-likeness (QED) is 0.844. The van der Waals surface area contributed by atoms with E-state index in [2.05, 4.69) is 15.6 Å². The topological polar surface area (TPSA) is 72.5 Å². The van der Waals surface area contributed by atoms with Gasteiger partial charge in [-0.05, 0) is 55.7 Å². The molecule has 0 radical (unpaired) electrons. The zero-order valence-electron chi connectivity index (χ0n) is 14.9. The van der Waals surface area contributed by atoms with Crippen molar-refractivity contribution in [2.45, 2.75) is 37.4 Å². The molecule has 7 heteroatoms. The van der Waals surface area contributed by atoms with E-state index in [1.165, 1.54) is 18.3 Å². The van der Waals surface area contributed by atoms with Crippen LogP contribution in [0.2, 0.25) is 0 Å². The molecule has 2 aromatic rings. The summed E-state index contributed by atoms with van der Waals surface area (Å²) < 4.78 is 24.6. The van der Waals surface area contributed by atoms with Crippen LogP contribution in [0.3, 0.4) is 0 Å². The molecule has 3 heterocycles. The largest absolute Gasteiger partial charge is 0.456 e. The van der Waals surface area contributed by atoms with Crippen LogP contribution in [0, 0.1) is 5.82 Å². The summed E-state index contributed by atoms with van der Waals surface area (Å²) >= 11 is 0. The van der Waals surface area contributed by atoms with Gasteiger partial charge in [-0.2, -0.15) is 0 Å². The van der Waals surface area contributed by atoms with Gasteiger partial charge in [0.1, 0.15) is 23.1 Å². The molecule has 1 atom stereocenters. The second kappa shape index (κ2) is 7.62. The average Bonchev–Trinajstić information content (AvgIpc) is 2.64.